The van der Waals surface area contributed by atoms with Crippen LogP contribution in [0.1, 0.15) is 40.3 Å². The van der Waals surface area contributed by atoms with Crippen LogP contribution in [-0.2, 0) is 24.8 Å². The number of carbonyl (C=O) groups excluding carboxylic acids is 2. The monoisotopic (exact) mass is 480 g/mol. The summed E-state index contributed by atoms with van der Waals surface area (Å²) in [4.78, 5) is 30.0. The van der Waals surface area contributed by atoms with Gasteiger partial charge in [0, 0.05) is 60.8 Å². The largest absolute Gasteiger partial charge is 0.352 e. The molecule has 0 unspecified atom stereocenters. The van der Waals surface area contributed by atoms with Crippen molar-refractivity contribution in [1.29, 1.82) is 0 Å². The van der Waals surface area contributed by atoms with E-state index in [4.69, 9.17) is 0 Å². The molecule has 4 heterocycles. The van der Waals surface area contributed by atoms with Gasteiger partial charge in [-0.1, -0.05) is 12.1 Å². The van der Waals surface area contributed by atoms with Gasteiger partial charge in [0.2, 0.25) is 5.91 Å². The van der Waals surface area contributed by atoms with E-state index in [1.165, 1.54) is 0 Å². The number of anilines is 1. The first-order valence-corrected chi connectivity index (χ1v) is 12.3. The lowest BCUT2D eigenvalue weighted by atomic mass is 9.95. The lowest BCUT2D eigenvalue weighted by Gasteiger charge is -2.17. The van der Waals surface area contributed by atoms with Gasteiger partial charge in [-0.15, -0.1) is 0 Å². The Bertz CT molecular complexity index is 1480. The Labute approximate surface area is 209 Å². The predicted octanol–water partition coefficient (Wildman–Crippen LogP) is 3.94. The van der Waals surface area contributed by atoms with E-state index < -0.39 is 0 Å². The number of pyridine rings is 1. The topological polar surface area (TPSA) is 93.8 Å². The van der Waals surface area contributed by atoms with Crippen LogP contribution in [0.15, 0.2) is 54.9 Å². The molecule has 0 saturated heterocycles. The lowest BCUT2D eigenvalue weighted by molar-refractivity contribution is -0.117. The van der Waals surface area contributed by atoms with Gasteiger partial charge in [0.15, 0.2) is 0 Å². The molecule has 3 aromatic heterocycles. The van der Waals surface area contributed by atoms with Crippen LogP contribution in [0.5, 0.6) is 0 Å². The molecule has 0 radical (unpaired) electrons. The maximum absolute atomic E-state index is 13.3. The van der Waals surface area contributed by atoms with Crippen molar-refractivity contribution in [2.24, 2.45) is 13.0 Å². The van der Waals surface area contributed by atoms with Gasteiger partial charge in [0.25, 0.3) is 5.91 Å². The fraction of sp³-hybridized carbons (Fsp3) is 0.286. The Morgan fingerprint density at radius 3 is 2.64 bits per heavy atom. The van der Waals surface area contributed by atoms with Crippen LogP contribution in [0.2, 0.25) is 0 Å². The molecular weight excluding hydrogens is 452 g/mol. The molecule has 2 aliphatic rings. The van der Waals surface area contributed by atoms with Crippen LogP contribution in [0.3, 0.4) is 0 Å². The molecule has 8 nitrogen and oxygen atoms in total. The van der Waals surface area contributed by atoms with Crippen LogP contribution in [0.25, 0.3) is 22.4 Å². The van der Waals surface area contributed by atoms with Crippen LogP contribution in [0.4, 0.5) is 5.69 Å². The summed E-state index contributed by atoms with van der Waals surface area (Å²) in [5, 5.41) is 10.6. The third kappa shape index (κ3) is 3.98. The van der Waals surface area contributed by atoms with Crippen molar-refractivity contribution in [2.45, 2.75) is 32.7 Å². The average Bonchev–Trinajstić information content (AvgIpc) is 3.61. The van der Waals surface area contributed by atoms with Crippen molar-refractivity contribution in [3.8, 4) is 22.4 Å². The number of aryl methyl sites for hydroxylation is 2. The van der Waals surface area contributed by atoms with Crippen molar-refractivity contribution in [3.63, 3.8) is 0 Å². The minimum absolute atomic E-state index is 0.0606. The lowest BCUT2D eigenvalue weighted by Crippen LogP contribution is -2.32. The van der Waals surface area contributed by atoms with Gasteiger partial charge in [0.1, 0.15) is 0 Å². The molecule has 36 heavy (non-hydrogen) atoms. The predicted molar refractivity (Wildman–Crippen MR) is 138 cm³/mol. The highest BCUT2D eigenvalue weighted by Crippen LogP contribution is 2.42. The minimum atomic E-state index is -0.0751. The Balaban J connectivity index is 1.57. The Morgan fingerprint density at radius 1 is 1.11 bits per heavy atom. The van der Waals surface area contributed by atoms with E-state index in [1.807, 2.05) is 55.1 Å². The molecule has 1 fully saturated rings. The highest BCUT2D eigenvalue weighted by Gasteiger charge is 2.32. The van der Waals surface area contributed by atoms with E-state index in [2.05, 4.69) is 31.3 Å². The second-order valence-corrected chi connectivity index (χ2v) is 9.62. The quantitative estimate of drug-likeness (QED) is 0.437. The molecule has 0 bridgehead atoms. The second-order valence-electron chi connectivity index (χ2n) is 9.62. The normalized spacial score (nSPS) is 14.9. The second kappa shape index (κ2) is 8.78. The molecule has 0 atom stereocenters. The van der Waals surface area contributed by atoms with Crippen LogP contribution < -0.4 is 10.6 Å². The number of aromatic nitrogens is 4. The molecule has 2 amide bonds. The summed E-state index contributed by atoms with van der Waals surface area (Å²) in [5.74, 6) is 0.0994. The summed E-state index contributed by atoms with van der Waals surface area (Å²) >= 11 is 0. The molecular formula is C28H28N6O2. The SMILES string of the molecule is Cc1cc(Cn2c3c(c(-c4cccc(NC(=O)C5CC5)c4)c2-c2ccncc2)C(=O)NCC3)n(C)n1. The van der Waals surface area contributed by atoms with Crippen LogP contribution >= 0.6 is 0 Å². The van der Waals surface area contributed by atoms with E-state index in [9.17, 15) is 9.59 Å². The first kappa shape index (κ1) is 22.3. The summed E-state index contributed by atoms with van der Waals surface area (Å²) in [6.45, 7) is 3.16. The fourth-order valence-corrected chi connectivity index (χ4v) is 5.14. The number of fused-ring (bicyclic) bond motifs is 1. The maximum atomic E-state index is 13.3. The van der Waals surface area contributed by atoms with Gasteiger partial charge in [0.05, 0.1) is 29.2 Å². The van der Waals surface area contributed by atoms with Crippen molar-refractivity contribution in [1.82, 2.24) is 24.6 Å². The van der Waals surface area contributed by atoms with Gasteiger partial charge < -0.3 is 15.2 Å². The van der Waals surface area contributed by atoms with Gasteiger partial charge in [-0.05, 0) is 55.7 Å². The molecule has 4 aromatic rings. The number of nitrogens with one attached hydrogen (secondary N) is 2. The number of carbonyl (C=O) groups is 2. The van der Waals surface area contributed by atoms with Crippen LogP contribution in [0, 0.1) is 12.8 Å². The molecule has 182 valence electrons. The van der Waals surface area contributed by atoms with Gasteiger partial charge >= 0.3 is 0 Å². The van der Waals surface area contributed by atoms with Gasteiger partial charge in [-0.25, -0.2) is 0 Å². The smallest absolute Gasteiger partial charge is 0.253 e. The molecule has 0 spiro atoms. The summed E-state index contributed by atoms with van der Waals surface area (Å²) in [5.41, 5.74) is 8.16. The van der Waals surface area contributed by atoms with Crippen molar-refractivity contribution in [3.05, 3.63) is 77.5 Å². The number of hydrogen-bond donors (Lipinski definition) is 2. The number of nitrogens with zero attached hydrogens (tertiary/aromatic N) is 4. The molecule has 6 rings (SSSR count). The number of amides is 2. The zero-order valence-corrected chi connectivity index (χ0v) is 20.4. The Kier molecular flexibility index (Phi) is 5.44. The first-order chi connectivity index (χ1) is 17.5. The standard InChI is InChI=1S/C28H28N6O2/c1-17-14-22(33(2)32-17)16-34-23-10-13-30-28(36)25(23)24(26(34)18-8-11-29-12-9-18)20-4-3-5-21(15-20)31-27(35)19-6-7-19/h3-5,8-9,11-12,14-15,19H,6-7,10,13,16H2,1-2H3,(H,30,36)(H,31,35). The summed E-state index contributed by atoms with van der Waals surface area (Å²) in [6.07, 6.45) is 6.17. The number of rotatable bonds is 6. The third-order valence-corrected chi connectivity index (χ3v) is 6.99. The van der Waals surface area contributed by atoms with Crippen molar-refractivity contribution >= 4 is 17.5 Å². The molecule has 1 aromatic carbocycles. The van der Waals surface area contributed by atoms with E-state index in [-0.39, 0.29) is 17.7 Å². The van der Waals surface area contributed by atoms with E-state index in [1.54, 1.807) is 12.4 Å². The molecule has 1 aliphatic heterocycles. The van der Waals surface area contributed by atoms with Crippen molar-refractivity contribution in [2.75, 3.05) is 11.9 Å². The Hall–Kier alpha value is -4.20. The molecule has 2 N–H and O–H groups in total. The average molecular weight is 481 g/mol. The fourth-order valence-electron chi connectivity index (χ4n) is 5.14. The number of benzene rings is 1. The van der Waals surface area contributed by atoms with Gasteiger partial charge in [-0.3, -0.25) is 19.3 Å². The summed E-state index contributed by atoms with van der Waals surface area (Å²) < 4.78 is 4.15. The first-order valence-electron chi connectivity index (χ1n) is 12.3. The molecule has 8 heteroatoms. The highest BCUT2D eigenvalue weighted by molar-refractivity contribution is 6.07. The highest BCUT2D eigenvalue weighted by atomic mass is 16.2. The zero-order valence-electron chi connectivity index (χ0n) is 20.4. The zero-order chi connectivity index (χ0) is 24.8. The van der Waals surface area contributed by atoms with Crippen LogP contribution in [-0.4, -0.2) is 37.7 Å². The Morgan fingerprint density at radius 2 is 1.92 bits per heavy atom. The summed E-state index contributed by atoms with van der Waals surface area (Å²) in [6, 6.07) is 13.9. The maximum Gasteiger partial charge on any atom is 0.253 e. The molecule has 1 saturated carbocycles. The molecule has 1 aliphatic carbocycles. The minimum Gasteiger partial charge on any atom is -0.352 e. The van der Waals surface area contributed by atoms with E-state index in [0.717, 1.165) is 64.4 Å². The van der Waals surface area contributed by atoms with E-state index in [0.29, 0.717) is 18.7 Å². The van der Waals surface area contributed by atoms with E-state index >= 15 is 0 Å². The third-order valence-electron chi connectivity index (χ3n) is 6.99. The van der Waals surface area contributed by atoms with Gasteiger partial charge in [-0.2, -0.15) is 5.10 Å². The number of hydrogen-bond acceptors (Lipinski definition) is 4. The summed E-state index contributed by atoms with van der Waals surface area (Å²) in [7, 11) is 1.95. The van der Waals surface area contributed by atoms with Crippen molar-refractivity contribution < 1.29 is 9.59 Å².